The van der Waals surface area contributed by atoms with Crippen molar-refractivity contribution in [1.29, 1.82) is 0 Å². The maximum absolute atomic E-state index is 12.8. The number of carbonyl (C=O) groups excluding carboxylic acids is 1. The molecule has 114 valence electrons. The maximum atomic E-state index is 12.8. The third kappa shape index (κ3) is 2.66. The number of piperidine rings is 1. The molecule has 2 heterocycles. The van der Waals surface area contributed by atoms with Crippen LogP contribution in [-0.2, 0) is 4.79 Å². The number of aliphatic carboxylic acids is 1. The highest BCUT2D eigenvalue weighted by atomic mass is 16.4. The first-order chi connectivity index (χ1) is 10.6. The Hall–Kier alpha value is -2.43. The predicted octanol–water partition coefficient (Wildman–Crippen LogP) is 2.48. The Kier molecular flexibility index (Phi) is 3.79. The topological polar surface area (TPSA) is 70.5 Å². The molecular weight excluding hydrogens is 280 g/mol. The van der Waals surface area contributed by atoms with Crippen LogP contribution in [0.4, 0.5) is 0 Å². The Morgan fingerprint density at radius 3 is 2.86 bits per heavy atom. The fraction of sp³-hybridized carbons (Fsp3) is 0.353. The normalized spacial score (nSPS) is 18.4. The fourth-order valence-electron chi connectivity index (χ4n) is 3.02. The third-order valence-electron chi connectivity index (χ3n) is 4.13. The molecule has 0 bridgehead atoms. The number of pyridine rings is 1. The van der Waals surface area contributed by atoms with Crippen molar-refractivity contribution in [2.75, 3.05) is 13.1 Å². The van der Waals surface area contributed by atoms with Gasteiger partial charge in [0.1, 0.15) is 0 Å². The second-order valence-electron chi connectivity index (χ2n) is 5.76. The number of carboxylic acid groups (broad SMARTS) is 1. The van der Waals surface area contributed by atoms with Crippen molar-refractivity contribution in [3.8, 4) is 0 Å². The molecule has 2 aromatic rings. The number of benzene rings is 1. The van der Waals surface area contributed by atoms with Gasteiger partial charge in [-0.15, -0.1) is 0 Å². The molecule has 1 fully saturated rings. The van der Waals surface area contributed by atoms with Crippen molar-refractivity contribution in [3.05, 3.63) is 41.6 Å². The van der Waals surface area contributed by atoms with Crippen LogP contribution in [0.25, 0.3) is 10.9 Å². The van der Waals surface area contributed by atoms with E-state index in [9.17, 15) is 14.7 Å². The number of carboxylic acids is 1. The van der Waals surface area contributed by atoms with Gasteiger partial charge >= 0.3 is 5.97 Å². The number of nitrogens with zero attached hydrogens (tertiary/aromatic N) is 2. The van der Waals surface area contributed by atoms with Crippen LogP contribution < -0.4 is 0 Å². The molecular formula is C17H18N2O3. The molecule has 1 aromatic carbocycles. The minimum Gasteiger partial charge on any atom is -0.481 e. The standard InChI is InChI=1S/C17H18N2O3/c1-11-9-14(13-6-2-3-7-15(13)18-11)16(20)19-8-4-5-12(10-19)17(21)22/h2-3,6-7,9,12H,4-5,8,10H2,1H3,(H,21,22). The maximum Gasteiger partial charge on any atom is 0.308 e. The largest absolute Gasteiger partial charge is 0.481 e. The minimum absolute atomic E-state index is 0.104. The Bertz CT molecular complexity index is 742. The number of carbonyl (C=O) groups is 2. The van der Waals surface area contributed by atoms with Gasteiger partial charge in [-0.2, -0.15) is 0 Å². The summed E-state index contributed by atoms with van der Waals surface area (Å²) in [6, 6.07) is 9.33. The van der Waals surface area contributed by atoms with Gasteiger partial charge in [0.15, 0.2) is 0 Å². The second-order valence-corrected chi connectivity index (χ2v) is 5.76. The smallest absolute Gasteiger partial charge is 0.308 e. The van der Waals surface area contributed by atoms with Gasteiger partial charge in [-0.05, 0) is 31.9 Å². The molecule has 3 rings (SSSR count). The lowest BCUT2D eigenvalue weighted by Crippen LogP contribution is -2.42. The van der Waals surface area contributed by atoms with Gasteiger partial charge < -0.3 is 10.0 Å². The number of rotatable bonds is 2. The zero-order valence-corrected chi connectivity index (χ0v) is 12.5. The number of aromatic nitrogens is 1. The molecule has 1 amide bonds. The van der Waals surface area contributed by atoms with E-state index in [0.29, 0.717) is 18.5 Å². The van der Waals surface area contributed by atoms with Gasteiger partial charge in [0.2, 0.25) is 0 Å². The van der Waals surface area contributed by atoms with Gasteiger partial charge in [-0.1, -0.05) is 18.2 Å². The summed E-state index contributed by atoms with van der Waals surface area (Å²) in [7, 11) is 0. The van der Waals surface area contributed by atoms with Crippen LogP contribution in [0.5, 0.6) is 0 Å². The van der Waals surface area contributed by atoms with Crippen LogP contribution in [0.2, 0.25) is 0 Å². The lowest BCUT2D eigenvalue weighted by Gasteiger charge is -2.31. The SMILES string of the molecule is Cc1cc(C(=O)N2CCCC(C(=O)O)C2)c2ccccc2n1. The van der Waals surface area contributed by atoms with Crippen LogP contribution in [0.1, 0.15) is 28.9 Å². The van der Waals surface area contributed by atoms with Gasteiger partial charge in [-0.25, -0.2) is 0 Å². The summed E-state index contributed by atoms with van der Waals surface area (Å²) >= 11 is 0. The van der Waals surface area contributed by atoms with Gasteiger partial charge in [0.25, 0.3) is 5.91 Å². The molecule has 1 atom stereocenters. The first-order valence-corrected chi connectivity index (χ1v) is 7.45. The molecule has 0 aliphatic carbocycles. The number of para-hydroxylation sites is 1. The molecule has 1 saturated heterocycles. The van der Waals surface area contributed by atoms with Crippen LogP contribution in [-0.4, -0.2) is 40.0 Å². The first-order valence-electron chi connectivity index (χ1n) is 7.45. The average Bonchev–Trinajstić information content (AvgIpc) is 2.53. The predicted molar refractivity (Wildman–Crippen MR) is 82.7 cm³/mol. The molecule has 22 heavy (non-hydrogen) atoms. The molecule has 1 unspecified atom stereocenters. The Labute approximate surface area is 128 Å². The quantitative estimate of drug-likeness (QED) is 0.924. The molecule has 0 spiro atoms. The summed E-state index contributed by atoms with van der Waals surface area (Å²) in [5.41, 5.74) is 2.18. The molecule has 1 aliphatic heterocycles. The van der Waals surface area contributed by atoms with Crippen LogP contribution in [0.3, 0.4) is 0 Å². The zero-order valence-electron chi connectivity index (χ0n) is 12.5. The second kappa shape index (κ2) is 5.75. The van der Waals surface area contributed by atoms with Crippen molar-refractivity contribution < 1.29 is 14.7 Å². The number of fused-ring (bicyclic) bond motifs is 1. The monoisotopic (exact) mass is 298 g/mol. The molecule has 1 aliphatic rings. The summed E-state index contributed by atoms with van der Waals surface area (Å²) in [4.78, 5) is 30.1. The van der Waals surface area contributed by atoms with E-state index in [2.05, 4.69) is 4.98 Å². The molecule has 5 nitrogen and oxygen atoms in total. The summed E-state index contributed by atoms with van der Waals surface area (Å²) in [6.07, 6.45) is 1.36. The van der Waals surface area contributed by atoms with Crippen molar-refractivity contribution in [2.45, 2.75) is 19.8 Å². The summed E-state index contributed by atoms with van der Waals surface area (Å²) in [6.45, 7) is 2.75. The molecule has 1 N–H and O–H groups in total. The highest BCUT2D eigenvalue weighted by Gasteiger charge is 2.29. The molecule has 0 saturated carbocycles. The van der Waals surface area contributed by atoms with E-state index in [1.165, 1.54) is 0 Å². The highest BCUT2D eigenvalue weighted by Crippen LogP contribution is 2.23. The van der Waals surface area contributed by atoms with E-state index >= 15 is 0 Å². The van der Waals surface area contributed by atoms with Crippen LogP contribution >= 0.6 is 0 Å². The minimum atomic E-state index is -0.826. The highest BCUT2D eigenvalue weighted by molar-refractivity contribution is 6.06. The van der Waals surface area contributed by atoms with Crippen LogP contribution in [0.15, 0.2) is 30.3 Å². The van der Waals surface area contributed by atoms with E-state index < -0.39 is 11.9 Å². The number of hydrogen-bond donors (Lipinski definition) is 1. The number of hydrogen-bond acceptors (Lipinski definition) is 3. The average molecular weight is 298 g/mol. The third-order valence-corrected chi connectivity index (χ3v) is 4.13. The van der Waals surface area contributed by atoms with Crippen molar-refractivity contribution in [3.63, 3.8) is 0 Å². The van der Waals surface area contributed by atoms with E-state index in [1.54, 1.807) is 11.0 Å². The number of amides is 1. The zero-order chi connectivity index (χ0) is 15.7. The summed E-state index contributed by atoms with van der Waals surface area (Å²) in [5, 5.41) is 9.99. The van der Waals surface area contributed by atoms with E-state index in [4.69, 9.17) is 0 Å². The van der Waals surface area contributed by atoms with E-state index in [1.807, 2.05) is 31.2 Å². The van der Waals surface area contributed by atoms with Crippen molar-refractivity contribution >= 4 is 22.8 Å². The van der Waals surface area contributed by atoms with Crippen molar-refractivity contribution in [2.24, 2.45) is 5.92 Å². The van der Waals surface area contributed by atoms with Gasteiger partial charge in [0, 0.05) is 24.2 Å². The molecule has 1 aromatic heterocycles. The van der Waals surface area contributed by atoms with Gasteiger partial charge in [-0.3, -0.25) is 14.6 Å². The van der Waals surface area contributed by atoms with E-state index in [0.717, 1.165) is 23.0 Å². The molecule has 5 heteroatoms. The van der Waals surface area contributed by atoms with Gasteiger partial charge in [0.05, 0.1) is 17.0 Å². The summed E-state index contributed by atoms with van der Waals surface area (Å²) in [5.74, 6) is -1.40. The Morgan fingerprint density at radius 1 is 1.32 bits per heavy atom. The Morgan fingerprint density at radius 2 is 2.09 bits per heavy atom. The first kappa shape index (κ1) is 14.5. The summed E-state index contributed by atoms with van der Waals surface area (Å²) < 4.78 is 0. The number of aryl methyl sites for hydroxylation is 1. The number of likely N-dealkylation sites (tertiary alicyclic amines) is 1. The lowest BCUT2D eigenvalue weighted by atomic mass is 9.97. The van der Waals surface area contributed by atoms with E-state index in [-0.39, 0.29) is 12.5 Å². The van der Waals surface area contributed by atoms with Crippen molar-refractivity contribution in [1.82, 2.24) is 9.88 Å². The molecule has 0 radical (unpaired) electrons. The lowest BCUT2D eigenvalue weighted by molar-refractivity contribution is -0.143. The Balaban J connectivity index is 1.97. The fourth-order valence-corrected chi connectivity index (χ4v) is 3.02. The van der Waals surface area contributed by atoms with Crippen LogP contribution in [0, 0.1) is 12.8 Å².